The number of imide groups is 1. The largest absolute Gasteiger partial charge is 0.374 e. The van der Waals surface area contributed by atoms with Gasteiger partial charge in [-0.15, -0.1) is 10.2 Å². The molecule has 1 rings (SSSR count). The summed E-state index contributed by atoms with van der Waals surface area (Å²) < 4.78 is 0.606. The van der Waals surface area contributed by atoms with Crippen LogP contribution in [0.4, 0.5) is 9.93 Å². The fourth-order valence-corrected chi connectivity index (χ4v) is 2.43. The van der Waals surface area contributed by atoms with Crippen molar-refractivity contribution >= 4 is 40.2 Å². The van der Waals surface area contributed by atoms with Crippen LogP contribution in [0.5, 0.6) is 0 Å². The van der Waals surface area contributed by atoms with Gasteiger partial charge in [0.2, 0.25) is 11.0 Å². The Bertz CT molecular complexity index is 409. The Morgan fingerprint density at radius 1 is 1.44 bits per heavy atom. The van der Waals surface area contributed by atoms with E-state index in [1.165, 1.54) is 23.1 Å². The normalized spacial score (nSPS) is 10.1. The van der Waals surface area contributed by atoms with Gasteiger partial charge in [0.25, 0.3) is 0 Å². The van der Waals surface area contributed by atoms with Crippen LogP contribution in [0.1, 0.15) is 19.8 Å². The number of unbranched alkanes of at least 4 members (excludes halogenated alkanes) is 1. The molecule has 18 heavy (non-hydrogen) atoms. The van der Waals surface area contributed by atoms with Crippen molar-refractivity contribution in [2.24, 2.45) is 0 Å². The molecule has 0 aliphatic heterocycles. The number of carbonyl (C=O) groups excluding carboxylic acids is 2. The van der Waals surface area contributed by atoms with Gasteiger partial charge in [0, 0.05) is 6.54 Å². The quantitative estimate of drug-likeness (QED) is 0.529. The average Bonchev–Trinajstić information content (AvgIpc) is 2.73. The van der Waals surface area contributed by atoms with E-state index in [9.17, 15) is 9.59 Å². The molecule has 1 aromatic rings. The molecule has 0 bridgehead atoms. The molecule has 1 aromatic heterocycles. The zero-order chi connectivity index (χ0) is 13.4. The van der Waals surface area contributed by atoms with E-state index in [0.29, 0.717) is 16.0 Å². The zero-order valence-electron chi connectivity index (χ0n) is 9.93. The summed E-state index contributed by atoms with van der Waals surface area (Å²) in [6.07, 6.45) is 1.88. The van der Waals surface area contributed by atoms with Crippen molar-refractivity contribution < 1.29 is 9.59 Å². The van der Waals surface area contributed by atoms with Crippen molar-refractivity contribution in [3.8, 4) is 0 Å². The molecular weight excluding hydrogens is 274 g/mol. The SMILES string of the molecule is CCCCNC(=O)NC(=O)CSc1nnc(N)s1. The van der Waals surface area contributed by atoms with Crippen LogP contribution in [-0.2, 0) is 4.79 Å². The number of aromatic nitrogens is 2. The highest BCUT2D eigenvalue weighted by Crippen LogP contribution is 2.22. The van der Waals surface area contributed by atoms with Crippen molar-refractivity contribution in [1.82, 2.24) is 20.8 Å². The third-order valence-electron chi connectivity index (χ3n) is 1.82. The van der Waals surface area contributed by atoms with Gasteiger partial charge in [0.1, 0.15) is 0 Å². The van der Waals surface area contributed by atoms with E-state index in [1.807, 2.05) is 6.92 Å². The maximum Gasteiger partial charge on any atom is 0.321 e. The van der Waals surface area contributed by atoms with Crippen molar-refractivity contribution in [3.05, 3.63) is 0 Å². The number of hydrogen-bond donors (Lipinski definition) is 3. The molecule has 7 nitrogen and oxygen atoms in total. The van der Waals surface area contributed by atoms with Gasteiger partial charge in [-0.1, -0.05) is 36.4 Å². The molecule has 0 aromatic carbocycles. The number of nitrogen functional groups attached to an aromatic ring is 1. The number of nitrogens with zero attached hydrogens (tertiary/aromatic N) is 2. The minimum absolute atomic E-state index is 0.107. The van der Waals surface area contributed by atoms with Crippen LogP contribution in [0.3, 0.4) is 0 Å². The van der Waals surface area contributed by atoms with Crippen LogP contribution in [0.2, 0.25) is 0 Å². The molecule has 0 saturated carbocycles. The van der Waals surface area contributed by atoms with E-state index < -0.39 is 6.03 Å². The van der Waals surface area contributed by atoms with Crippen molar-refractivity contribution in [1.29, 1.82) is 0 Å². The first-order valence-electron chi connectivity index (χ1n) is 5.41. The summed E-state index contributed by atoms with van der Waals surface area (Å²) in [6, 6.07) is -0.467. The summed E-state index contributed by atoms with van der Waals surface area (Å²) >= 11 is 2.40. The minimum atomic E-state index is -0.467. The lowest BCUT2D eigenvalue weighted by Gasteiger charge is -2.04. The van der Waals surface area contributed by atoms with Gasteiger partial charge in [-0.3, -0.25) is 10.1 Å². The van der Waals surface area contributed by atoms with Gasteiger partial charge >= 0.3 is 6.03 Å². The second kappa shape index (κ2) is 7.88. The Hall–Kier alpha value is -1.35. The fraction of sp³-hybridized carbons (Fsp3) is 0.556. The molecule has 0 unspecified atom stereocenters. The van der Waals surface area contributed by atoms with Crippen LogP contribution < -0.4 is 16.4 Å². The maximum absolute atomic E-state index is 11.4. The molecule has 0 aliphatic rings. The highest BCUT2D eigenvalue weighted by molar-refractivity contribution is 8.01. The summed E-state index contributed by atoms with van der Waals surface area (Å²) in [4.78, 5) is 22.6. The Morgan fingerprint density at radius 2 is 2.22 bits per heavy atom. The molecule has 0 saturated heterocycles. The van der Waals surface area contributed by atoms with E-state index in [-0.39, 0.29) is 11.7 Å². The Morgan fingerprint density at radius 3 is 2.83 bits per heavy atom. The lowest BCUT2D eigenvalue weighted by atomic mass is 10.3. The molecule has 0 spiro atoms. The third kappa shape index (κ3) is 5.82. The predicted molar refractivity (Wildman–Crippen MR) is 71.5 cm³/mol. The molecular formula is C9H15N5O2S2. The minimum Gasteiger partial charge on any atom is -0.374 e. The second-order valence-electron chi connectivity index (χ2n) is 3.35. The van der Waals surface area contributed by atoms with Gasteiger partial charge in [-0.2, -0.15) is 0 Å². The van der Waals surface area contributed by atoms with Gasteiger partial charge in [-0.25, -0.2) is 4.79 Å². The van der Waals surface area contributed by atoms with Crippen molar-refractivity contribution in [3.63, 3.8) is 0 Å². The number of nitrogens with two attached hydrogens (primary N) is 1. The zero-order valence-corrected chi connectivity index (χ0v) is 11.6. The summed E-state index contributed by atoms with van der Waals surface area (Å²) in [5, 5.41) is 12.6. The van der Waals surface area contributed by atoms with E-state index >= 15 is 0 Å². The van der Waals surface area contributed by atoms with Crippen molar-refractivity contribution in [2.75, 3.05) is 18.0 Å². The van der Waals surface area contributed by atoms with Crippen LogP contribution in [0, 0.1) is 0 Å². The first-order valence-corrected chi connectivity index (χ1v) is 7.21. The van der Waals surface area contributed by atoms with Crippen LogP contribution >= 0.6 is 23.1 Å². The fourth-order valence-electron chi connectivity index (χ4n) is 0.992. The Kier molecular flexibility index (Phi) is 6.44. The summed E-state index contributed by atoms with van der Waals surface area (Å²) in [5.74, 6) is -0.265. The lowest BCUT2D eigenvalue weighted by Crippen LogP contribution is -2.40. The number of rotatable bonds is 6. The first-order chi connectivity index (χ1) is 8.61. The highest BCUT2D eigenvalue weighted by Gasteiger charge is 2.09. The predicted octanol–water partition coefficient (Wildman–Crippen LogP) is 0.838. The second-order valence-corrected chi connectivity index (χ2v) is 5.58. The molecule has 0 aliphatic carbocycles. The Labute approximate surface area is 113 Å². The van der Waals surface area contributed by atoms with Crippen molar-refractivity contribution in [2.45, 2.75) is 24.1 Å². The molecule has 0 fully saturated rings. The highest BCUT2D eigenvalue weighted by atomic mass is 32.2. The Balaban J connectivity index is 2.19. The molecule has 9 heteroatoms. The van der Waals surface area contributed by atoms with Crippen LogP contribution in [0.25, 0.3) is 0 Å². The number of amides is 3. The van der Waals surface area contributed by atoms with E-state index in [2.05, 4.69) is 20.8 Å². The third-order valence-corrected chi connectivity index (χ3v) is 3.70. The van der Waals surface area contributed by atoms with Gasteiger partial charge in [0.05, 0.1) is 5.75 Å². The molecule has 4 N–H and O–H groups in total. The monoisotopic (exact) mass is 289 g/mol. The van der Waals surface area contributed by atoms with Crippen LogP contribution in [0.15, 0.2) is 4.34 Å². The van der Waals surface area contributed by atoms with Gasteiger partial charge < -0.3 is 11.1 Å². The number of carbonyl (C=O) groups is 2. The molecule has 0 radical (unpaired) electrons. The topological polar surface area (TPSA) is 110 Å². The average molecular weight is 289 g/mol. The molecule has 0 atom stereocenters. The number of thioether (sulfide) groups is 1. The summed E-state index contributed by atoms with van der Waals surface area (Å²) in [5.41, 5.74) is 5.40. The molecule has 1 heterocycles. The lowest BCUT2D eigenvalue weighted by molar-refractivity contribution is -0.117. The maximum atomic E-state index is 11.4. The van der Waals surface area contributed by atoms with E-state index in [4.69, 9.17) is 5.73 Å². The van der Waals surface area contributed by atoms with Crippen LogP contribution in [-0.4, -0.2) is 34.4 Å². The van der Waals surface area contributed by atoms with E-state index in [0.717, 1.165) is 12.8 Å². The summed E-state index contributed by atoms with van der Waals surface area (Å²) in [6.45, 7) is 2.59. The standard InChI is InChI=1S/C9H15N5O2S2/c1-2-3-4-11-8(16)12-6(15)5-17-9-14-13-7(10)18-9/h2-5H2,1H3,(H2,10,13)(H2,11,12,15,16). The first kappa shape index (κ1) is 14.7. The number of urea groups is 1. The number of anilines is 1. The molecule has 100 valence electrons. The summed E-state index contributed by atoms with van der Waals surface area (Å²) in [7, 11) is 0. The smallest absolute Gasteiger partial charge is 0.321 e. The van der Waals surface area contributed by atoms with E-state index in [1.54, 1.807) is 0 Å². The molecule has 3 amide bonds. The number of nitrogens with one attached hydrogen (secondary N) is 2. The van der Waals surface area contributed by atoms with Gasteiger partial charge in [-0.05, 0) is 6.42 Å². The number of hydrogen-bond acceptors (Lipinski definition) is 7. The van der Waals surface area contributed by atoms with Gasteiger partial charge in [0.15, 0.2) is 4.34 Å².